The molecular formula is C18H15N3O4. The Hall–Kier alpha value is -3.66. The van der Waals surface area contributed by atoms with E-state index in [1.165, 1.54) is 7.11 Å². The Labute approximate surface area is 144 Å². The maximum atomic E-state index is 12.0. The molecule has 0 aliphatic heterocycles. The first-order valence-corrected chi connectivity index (χ1v) is 7.27. The highest BCUT2D eigenvalue weighted by molar-refractivity contribution is 6.48. The molecule has 0 fully saturated rings. The molecule has 0 aromatic heterocycles. The molecule has 1 amide bonds. The van der Waals surface area contributed by atoms with Crippen LogP contribution in [0.2, 0.25) is 0 Å². The van der Waals surface area contributed by atoms with E-state index in [1.54, 1.807) is 60.7 Å². The van der Waals surface area contributed by atoms with E-state index in [4.69, 9.17) is 14.8 Å². The topological polar surface area (TPSA) is 101 Å². The Morgan fingerprint density at radius 2 is 1.80 bits per heavy atom. The van der Waals surface area contributed by atoms with Gasteiger partial charge in [0.2, 0.25) is 11.5 Å². The molecule has 0 unspecified atom stereocenters. The normalized spacial score (nSPS) is 10.5. The Morgan fingerprint density at radius 3 is 2.40 bits per heavy atom. The van der Waals surface area contributed by atoms with Crippen molar-refractivity contribution in [2.45, 2.75) is 0 Å². The van der Waals surface area contributed by atoms with Crippen LogP contribution in [-0.2, 0) is 9.63 Å². The van der Waals surface area contributed by atoms with E-state index in [0.29, 0.717) is 17.0 Å². The number of nitriles is 1. The number of carbonyl (C=O) groups is 2. The second-order valence-corrected chi connectivity index (χ2v) is 4.80. The van der Waals surface area contributed by atoms with Crippen molar-refractivity contribution in [2.24, 2.45) is 5.16 Å². The summed E-state index contributed by atoms with van der Waals surface area (Å²) in [5.74, 6) is -0.433. The largest absolute Gasteiger partial charge is 0.497 e. The fourth-order valence-electron chi connectivity index (χ4n) is 1.84. The first-order valence-electron chi connectivity index (χ1n) is 7.27. The van der Waals surface area contributed by atoms with Gasteiger partial charge in [0.25, 0.3) is 5.91 Å². The molecule has 0 saturated heterocycles. The fraction of sp³-hybridized carbons (Fsp3) is 0.111. The number of amides is 1. The van der Waals surface area contributed by atoms with E-state index < -0.39 is 18.2 Å². The molecule has 2 aromatic carbocycles. The molecule has 2 aromatic rings. The van der Waals surface area contributed by atoms with Gasteiger partial charge in [-0.1, -0.05) is 23.4 Å². The van der Waals surface area contributed by atoms with E-state index in [1.807, 2.05) is 0 Å². The summed E-state index contributed by atoms with van der Waals surface area (Å²) in [6.45, 7) is -0.393. The van der Waals surface area contributed by atoms with Crippen LogP contribution >= 0.6 is 0 Å². The number of ketones is 1. The van der Waals surface area contributed by atoms with Crippen molar-refractivity contribution < 1.29 is 19.2 Å². The number of anilines is 1. The molecule has 0 radical (unpaired) electrons. The number of hydrogen-bond acceptors (Lipinski definition) is 6. The third-order valence-corrected chi connectivity index (χ3v) is 3.12. The predicted molar refractivity (Wildman–Crippen MR) is 91.4 cm³/mol. The zero-order valence-electron chi connectivity index (χ0n) is 13.4. The van der Waals surface area contributed by atoms with Gasteiger partial charge in [-0.15, -0.1) is 0 Å². The van der Waals surface area contributed by atoms with Gasteiger partial charge in [0.15, 0.2) is 6.61 Å². The molecule has 2 rings (SSSR count). The number of nitrogens with zero attached hydrogens (tertiary/aromatic N) is 2. The van der Waals surface area contributed by atoms with E-state index in [9.17, 15) is 9.59 Å². The van der Waals surface area contributed by atoms with Crippen molar-refractivity contribution in [3.8, 4) is 11.8 Å². The lowest BCUT2D eigenvalue weighted by Gasteiger charge is -2.04. The van der Waals surface area contributed by atoms with Gasteiger partial charge < -0.3 is 14.9 Å². The highest BCUT2D eigenvalue weighted by Crippen LogP contribution is 2.12. The molecule has 0 aliphatic carbocycles. The van der Waals surface area contributed by atoms with Gasteiger partial charge in [-0.2, -0.15) is 5.26 Å². The fourth-order valence-corrected chi connectivity index (χ4v) is 1.84. The maximum absolute atomic E-state index is 12.0. The summed E-state index contributed by atoms with van der Waals surface area (Å²) >= 11 is 0. The molecule has 25 heavy (non-hydrogen) atoms. The molecule has 1 N–H and O–H groups in total. The standard InChI is InChI=1S/C18H15N3O4/c1-24-15-9-7-13(8-10-15)17(22)12-25-21-16(11-19)18(23)20-14-5-3-2-4-6-14/h2-10H,12H2,1H3,(H,20,23). The number of Topliss-reactive ketones (excluding diaryl/α,β-unsaturated/α-hetero) is 1. The van der Waals surface area contributed by atoms with Crippen LogP contribution in [-0.4, -0.2) is 31.1 Å². The minimum Gasteiger partial charge on any atom is -0.497 e. The van der Waals surface area contributed by atoms with E-state index >= 15 is 0 Å². The summed E-state index contributed by atoms with van der Waals surface area (Å²) in [6, 6.07) is 16.7. The van der Waals surface area contributed by atoms with E-state index in [0.717, 1.165) is 0 Å². The highest BCUT2D eigenvalue weighted by Gasteiger charge is 2.13. The van der Waals surface area contributed by atoms with Crippen LogP contribution in [0, 0.1) is 11.3 Å². The van der Waals surface area contributed by atoms with Crippen molar-refractivity contribution >= 4 is 23.1 Å². The van der Waals surface area contributed by atoms with Crippen molar-refractivity contribution in [3.05, 3.63) is 60.2 Å². The number of oxime groups is 1. The summed E-state index contributed by atoms with van der Waals surface area (Å²) in [5, 5.41) is 14.9. The monoisotopic (exact) mass is 337 g/mol. The van der Waals surface area contributed by atoms with Gasteiger partial charge in [0.1, 0.15) is 11.8 Å². The Morgan fingerprint density at radius 1 is 1.12 bits per heavy atom. The van der Waals surface area contributed by atoms with Crippen LogP contribution < -0.4 is 10.1 Å². The number of benzene rings is 2. The minimum absolute atomic E-state index is 0.341. The van der Waals surface area contributed by atoms with Crippen LogP contribution in [0.15, 0.2) is 59.8 Å². The molecule has 126 valence electrons. The summed E-state index contributed by atoms with van der Waals surface area (Å²) < 4.78 is 5.01. The van der Waals surface area contributed by atoms with Gasteiger partial charge in [0.05, 0.1) is 7.11 Å². The lowest BCUT2D eigenvalue weighted by molar-refractivity contribution is -0.110. The lowest BCUT2D eigenvalue weighted by Crippen LogP contribution is -2.22. The molecular weight excluding hydrogens is 322 g/mol. The number of ether oxygens (including phenoxy) is 1. The number of para-hydroxylation sites is 1. The van der Waals surface area contributed by atoms with Gasteiger partial charge in [-0.25, -0.2) is 0 Å². The third-order valence-electron chi connectivity index (χ3n) is 3.12. The van der Waals surface area contributed by atoms with Crippen LogP contribution in [0.3, 0.4) is 0 Å². The molecule has 0 saturated carbocycles. The number of rotatable bonds is 7. The molecule has 0 aliphatic rings. The molecule has 0 heterocycles. The molecule has 0 bridgehead atoms. The summed E-state index contributed by atoms with van der Waals surface area (Å²) in [6.07, 6.45) is 0. The Bertz CT molecular complexity index is 808. The molecule has 0 atom stereocenters. The van der Waals surface area contributed by atoms with Gasteiger partial charge >= 0.3 is 0 Å². The minimum atomic E-state index is -0.717. The summed E-state index contributed by atoms with van der Waals surface area (Å²) in [5.41, 5.74) is 0.444. The average molecular weight is 337 g/mol. The lowest BCUT2D eigenvalue weighted by atomic mass is 10.1. The SMILES string of the molecule is COc1ccc(C(=O)CON=C(C#N)C(=O)Nc2ccccc2)cc1. The van der Waals surface area contributed by atoms with Crippen molar-refractivity contribution in [1.29, 1.82) is 5.26 Å². The van der Waals surface area contributed by atoms with Gasteiger partial charge in [0, 0.05) is 11.3 Å². The molecule has 0 spiro atoms. The number of hydrogen-bond donors (Lipinski definition) is 1. The maximum Gasteiger partial charge on any atom is 0.288 e. The predicted octanol–water partition coefficient (Wildman–Crippen LogP) is 2.41. The summed E-state index contributed by atoms with van der Waals surface area (Å²) in [4.78, 5) is 28.7. The van der Waals surface area contributed by atoms with E-state index in [2.05, 4.69) is 10.5 Å². The zero-order valence-corrected chi connectivity index (χ0v) is 13.4. The first kappa shape index (κ1) is 17.7. The van der Waals surface area contributed by atoms with Crippen molar-refractivity contribution in [3.63, 3.8) is 0 Å². The van der Waals surface area contributed by atoms with E-state index in [-0.39, 0.29) is 5.78 Å². The highest BCUT2D eigenvalue weighted by atomic mass is 16.6. The Balaban J connectivity index is 1.92. The zero-order chi connectivity index (χ0) is 18.1. The van der Waals surface area contributed by atoms with Crippen LogP contribution in [0.1, 0.15) is 10.4 Å². The van der Waals surface area contributed by atoms with Crippen LogP contribution in [0.5, 0.6) is 5.75 Å². The smallest absolute Gasteiger partial charge is 0.288 e. The van der Waals surface area contributed by atoms with Crippen molar-refractivity contribution in [2.75, 3.05) is 19.0 Å². The summed E-state index contributed by atoms with van der Waals surface area (Å²) in [7, 11) is 1.53. The van der Waals surface area contributed by atoms with Gasteiger partial charge in [-0.3, -0.25) is 9.59 Å². The van der Waals surface area contributed by atoms with Crippen molar-refractivity contribution in [1.82, 2.24) is 0 Å². The second-order valence-electron chi connectivity index (χ2n) is 4.80. The third kappa shape index (κ3) is 5.18. The second kappa shape index (κ2) is 8.84. The number of methoxy groups -OCH3 is 1. The average Bonchev–Trinajstić information content (AvgIpc) is 2.65. The Kier molecular flexibility index (Phi) is 6.25. The van der Waals surface area contributed by atoms with Crippen LogP contribution in [0.4, 0.5) is 5.69 Å². The molecule has 7 heteroatoms. The first-order chi connectivity index (χ1) is 12.1. The number of carbonyl (C=O) groups excluding carboxylic acids is 2. The van der Waals surface area contributed by atoms with Gasteiger partial charge in [-0.05, 0) is 36.4 Å². The molecule has 7 nitrogen and oxygen atoms in total. The number of nitrogens with one attached hydrogen (secondary N) is 1. The van der Waals surface area contributed by atoms with Crippen LogP contribution in [0.25, 0.3) is 0 Å². The quantitative estimate of drug-likeness (QED) is 0.475.